The zero-order valence-corrected chi connectivity index (χ0v) is 11.6. The van der Waals surface area contributed by atoms with Crippen LogP contribution in [0.15, 0.2) is 22.7 Å². The first-order valence-corrected chi connectivity index (χ1v) is 6.12. The largest absolute Gasteiger partial charge is 0.492 e. The highest BCUT2D eigenvalue weighted by Crippen LogP contribution is 2.27. The van der Waals surface area contributed by atoms with Crippen LogP contribution in [0.5, 0.6) is 5.75 Å². The van der Waals surface area contributed by atoms with Crippen molar-refractivity contribution >= 4 is 15.9 Å². The summed E-state index contributed by atoms with van der Waals surface area (Å²) in [6.07, 6.45) is 0. The molecule has 0 heterocycles. The Balaban J connectivity index is 2.72. The van der Waals surface area contributed by atoms with Crippen molar-refractivity contribution in [3.8, 4) is 5.75 Å². The molecule has 1 atom stereocenters. The van der Waals surface area contributed by atoms with Crippen LogP contribution in [0.3, 0.4) is 0 Å². The number of hydrogen-bond acceptors (Lipinski definition) is 3. The SMILES string of the molecule is CC(N)c1ccc(Br)cc1OCCN(C)C. The molecule has 1 rings (SSSR count). The maximum Gasteiger partial charge on any atom is 0.125 e. The van der Waals surface area contributed by atoms with Gasteiger partial charge in [-0.05, 0) is 33.2 Å². The molecule has 0 amide bonds. The van der Waals surface area contributed by atoms with Crippen LogP contribution in [0.4, 0.5) is 0 Å². The minimum atomic E-state index is -0.0116. The van der Waals surface area contributed by atoms with Gasteiger partial charge < -0.3 is 15.4 Å². The molecule has 16 heavy (non-hydrogen) atoms. The number of nitrogens with zero attached hydrogens (tertiary/aromatic N) is 1. The fourth-order valence-corrected chi connectivity index (χ4v) is 1.69. The van der Waals surface area contributed by atoms with Crippen molar-refractivity contribution in [2.45, 2.75) is 13.0 Å². The third-order valence-electron chi connectivity index (χ3n) is 2.26. The molecule has 0 aromatic heterocycles. The van der Waals surface area contributed by atoms with Crippen molar-refractivity contribution in [1.29, 1.82) is 0 Å². The lowest BCUT2D eigenvalue weighted by atomic mass is 10.1. The minimum absolute atomic E-state index is 0.0116. The average Bonchev–Trinajstić information content (AvgIpc) is 2.16. The van der Waals surface area contributed by atoms with Crippen LogP contribution in [0, 0.1) is 0 Å². The highest BCUT2D eigenvalue weighted by atomic mass is 79.9. The van der Waals surface area contributed by atoms with E-state index in [-0.39, 0.29) is 6.04 Å². The number of ether oxygens (including phenoxy) is 1. The zero-order valence-electron chi connectivity index (χ0n) is 10.0. The normalized spacial score (nSPS) is 12.9. The molecule has 1 aromatic rings. The summed E-state index contributed by atoms with van der Waals surface area (Å²) in [6.45, 7) is 3.52. The van der Waals surface area contributed by atoms with Crippen molar-refractivity contribution < 1.29 is 4.74 Å². The lowest BCUT2D eigenvalue weighted by Crippen LogP contribution is -2.20. The fraction of sp³-hybridized carbons (Fsp3) is 0.500. The van der Waals surface area contributed by atoms with E-state index in [0.717, 1.165) is 22.3 Å². The second-order valence-electron chi connectivity index (χ2n) is 4.12. The third kappa shape index (κ3) is 4.12. The molecule has 0 bridgehead atoms. The molecule has 1 aromatic carbocycles. The van der Waals surface area contributed by atoms with Crippen LogP contribution in [0.2, 0.25) is 0 Å². The molecule has 0 saturated carbocycles. The van der Waals surface area contributed by atoms with Gasteiger partial charge in [0.15, 0.2) is 0 Å². The van der Waals surface area contributed by atoms with Gasteiger partial charge in [-0.3, -0.25) is 0 Å². The smallest absolute Gasteiger partial charge is 0.125 e. The van der Waals surface area contributed by atoms with Gasteiger partial charge in [-0.15, -0.1) is 0 Å². The van der Waals surface area contributed by atoms with E-state index in [1.54, 1.807) is 0 Å². The maximum atomic E-state index is 5.89. The monoisotopic (exact) mass is 286 g/mol. The quantitative estimate of drug-likeness (QED) is 0.904. The van der Waals surface area contributed by atoms with E-state index in [1.165, 1.54) is 0 Å². The molecule has 0 fully saturated rings. The molecule has 0 radical (unpaired) electrons. The number of hydrogen-bond donors (Lipinski definition) is 1. The van der Waals surface area contributed by atoms with Crippen LogP contribution in [-0.4, -0.2) is 32.1 Å². The summed E-state index contributed by atoms with van der Waals surface area (Å²) < 4.78 is 6.75. The summed E-state index contributed by atoms with van der Waals surface area (Å²) in [5, 5.41) is 0. The number of nitrogens with two attached hydrogens (primary N) is 1. The first-order valence-electron chi connectivity index (χ1n) is 5.33. The Bertz CT molecular complexity index is 340. The van der Waals surface area contributed by atoms with E-state index < -0.39 is 0 Å². The third-order valence-corrected chi connectivity index (χ3v) is 2.76. The van der Waals surface area contributed by atoms with Crippen LogP contribution < -0.4 is 10.5 Å². The summed E-state index contributed by atoms with van der Waals surface area (Å²) in [7, 11) is 4.05. The van der Waals surface area contributed by atoms with E-state index >= 15 is 0 Å². The molecule has 1 unspecified atom stereocenters. The second kappa shape index (κ2) is 6.23. The summed E-state index contributed by atoms with van der Waals surface area (Å²) >= 11 is 3.44. The van der Waals surface area contributed by atoms with Gasteiger partial charge in [0.2, 0.25) is 0 Å². The van der Waals surface area contributed by atoms with Crippen LogP contribution in [-0.2, 0) is 0 Å². The molecule has 2 N–H and O–H groups in total. The summed E-state index contributed by atoms with van der Waals surface area (Å²) in [4.78, 5) is 2.09. The summed E-state index contributed by atoms with van der Waals surface area (Å²) in [6, 6.07) is 5.94. The van der Waals surface area contributed by atoms with Gasteiger partial charge in [0.05, 0.1) is 0 Å². The number of rotatable bonds is 5. The molecule has 4 heteroatoms. The van der Waals surface area contributed by atoms with Gasteiger partial charge >= 0.3 is 0 Å². The van der Waals surface area contributed by atoms with Crippen molar-refractivity contribution in [3.05, 3.63) is 28.2 Å². The fourth-order valence-electron chi connectivity index (χ4n) is 1.35. The molecule has 0 spiro atoms. The predicted octanol–water partition coefficient (Wildman–Crippen LogP) is 2.41. The lowest BCUT2D eigenvalue weighted by molar-refractivity contribution is 0.258. The molecule has 0 saturated heterocycles. The summed E-state index contributed by atoms with van der Waals surface area (Å²) in [5.41, 5.74) is 6.93. The van der Waals surface area contributed by atoms with E-state index in [1.807, 2.05) is 39.2 Å². The van der Waals surface area contributed by atoms with E-state index in [9.17, 15) is 0 Å². The van der Waals surface area contributed by atoms with Gasteiger partial charge in [0.25, 0.3) is 0 Å². The molecular formula is C12H19BrN2O. The highest BCUT2D eigenvalue weighted by Gasteiger charge is 2.08. The topological polar surface area (TPSA) is 38.5 Å². The number of halogens is 1. The van der Waals surface area contributed by atoms with Gasteiger partial charge in [0.1, 0.15) is 12.4 Å². The van der Waals surface area contributed by atoms with Crippen LogP contribution >= 0.6 is 15.9 Å². The Hall–Kier alpha value is -0.580. The Kier molecular flexibility index (Phi) is 5.25. The average molecular weight is 287 g/mol. The minimum Gasteiger partial charge on any atom is -0.492 e. The van der Waals surface area contributed by atoms with Crippen molar-refractivity contribution in [1.82, 2.24) is 4.90 Å². The van der Waals surface area contributed by atoms with Gasteiger partial charge in [-0.1, -0.05) is 22.0 Å². The molecule has 90 valence electrons. The highest BCUT2D eigenvalue weighted by molar-refractivity contribution is 9.10. The predicted molar refractivity (Wildman–Crippen MR) is 70.8 cm³/mol. The van der Waals surface area contributed by atoms with Gasteiger partial charge in [-0.25, -0.2) is 0 Å². The molecule has 0 aliphatic rings. The first-order chi connectivity index (χ1) is 7.50. The standard InChI is InChI=1S/C12H19BrN2O/c1-9(14)11-5-4-10(13)8-12(11)16-7-6-15(2)3/h4-5,8-9H,6-7,14H2,1-3H3. The Morgan fingerprint density at radius 3 is 2.69 bits per heavy atom. The molecular weight excluding hydrogens is 268 g/mol. The van der Waals surface area contributed by atoms with Crippen molar-refractivity contribution in [2.24, 2.45) is 5.73 Å². The molecule has 0 aliphatic carbocycles. The molecule has 0 aliphatic heterocycles. The summed E-state index contributed by atoms with van der Waals surface area (Å²) in [5.74, 6) is 0.867. The number of likely N-dealkylation sites (N-methyl/N-ethyl adjacent to an activating group) is 1. The Morgan fingerprint density at radius 1 is 1.44 bits per heavy atom. The van der Waals surface area contributed by atoms with Crippen molar-refractivity contribution in [3.63, 3.8) is 0 Å². The van der Waals surface area contributed by atoms with E-state index in [4.69, 9.17) is 10.5 Å². The Morgan fingerprint density at radius 2 is 2.12 bits per heavy atom. The second-order valence-corrected chi connectivity index (χ2v) is 5.04. The van der Waals surface area contributed by atoms with Gasteiger partial charge in [-0.2, -0.15) is 0 Å². The zero-order chi connectivity index (χ0) is 12.1. The van der Waals surface area contributed by atoms with Crippen molar-refractivity contribution in [2.75, 3.05) is 27.2 Å². The van der Waals surface area contributed by atoms with E-state index in [2.05, 4.69) is 20.8 Å². The molecule has 3 nitrogen and oxygen atoms in total. The van der Waals surface area contributed by atoms with Crippen LogP contribution in [0.1, 0.15) is 18.5 Å². The maximum absolute atomic E-state index is 5.89. The lowest BCUT2D eigenvalue weighted by Gasteiger charge is -2.16. The Labute approximate surface area is 106 Å². The first kappa shape index (κ1) is 13.5. The van der Waals surface area contributed by atoms with Gasteiger partial charge in [0, 0.05) is 22.6 Å². The number of benzene rings is 1. The van der Waals surface area contributed by atoms with E-state index in [0.29, 0.717) is 6.61 Å². The van der Waals surface area contributed by atoms with Crippen LogP contribution in [0.25, 0.3) is 0 Å².